The highest BCUT2D eigenvalue weighted by molar-refractivity contribution is 5.47. The smallest absolute Gasteiger partial charge is 0.221 e. The van der Waals surface area contributed by atoms with Crippen molar-refractivity contribution in [1.82, 2.24) is 9.97 Å². The Morgan fingerprint density at radius 3 is 2.76 bits per heavy atom. The molecule has 5 nitrogen and oxygen atoms in total. The summed E-state index contributed by atoms with van der Waals surface area (Å²) >= 11 is 0. The Hall–Kier alpha value is -1.62. The molecule has 1 aromatic heterocycles. The van der Waals surface area contributed by atoms with E-state index in [1.807, 2.05) is 6.92 Å². The Morgan fingerprint density at radius 1 is 1.33 bits per heavy atom. The maximum absolute atomic E-state index is 6.00. The molecule has 0 spiro atoms. The van der Waals surface area contributed by atoms with E-state index >= 15 is 0 Å². The van der Waals surface area contributed by atoms with Crippen molar-refractivity contribution in [2.45, 2.75) is 46.5 Å². The standard InChI is InChI=1S/C16H26N4O/c1-4-7-14-18-15(20-17)12(3)16(19-14)21-10-13-9-6-5-8-11(13)2/h5-6,11,13H,4,7-10,17H2,1-3H3,(H,18,19,20). The molecule has 0 aromatic carbocycles. The van der Waals surface area contributed by atoms with Gasteiger partial charge in [-0.2, -0.15) is 4.98 Å². The van der Waals surface area contributed by atoms with Gasteiger partial charge in [-0.1, -0.05) is 26.0 Å². The zero-order valence-electron chi connectivity index (χ0n) is 13.2. The predicted molar refractivity (Wildman–Crippen MR) is 85.1 cm³/mol. The van der Waals surface area contributed by atoms with Crippen LogP contribution in [0.2, 0.25) is 0 Å². The summed E-state index contributed by atoms with van der Waals surface area (Å²) in [4.78, 5) is 8.95. The molecule has 5 heteroatoms. The largest absolute Gasteiger partial charge is 0.477 e. The van der Waals surface area contributed by atoms with Gasteiger partial charge in [-0.25, -0.2) is 10.8 Å². The summed E-state index contributed by atoms with van der Waals surface area (Å²) in [5.74, 6) is 8.83. The minimum absolute atomic E-state index is 0.549. The summed E-state index contributed by atoms with van der Waals surface area (Å²) in [6, 6.07) is 0. The van der Waals surface area contributed by atoms with Gasteiger partial charge in [0.1, 0.15) is 11.6 Å². The minimum Gasteiger partial charge on any atom is -0.477 e. The molecule has 21 heavy (non-hydrogen) atoms. The molecule has 0 amide bonds. The van der Waals surface area contributed by atoms with Gasteiger partial charge in [-0.15, -0.1) is 0 Å². The number of nitrogens with one attached hydrogen (secondary N) is 1. The van der Waals surface area contributed by atoms with E-state index in [1.165, 1.54) is 0 Å². The Morgan fingerprint density at radius 2 is 2.10 bits per heavy atom. The molecule has 0 saturated heterocycles. The van der Waals surface area contributed by atoms with Crippen molar-refractivity contribution in [2.24, 2.45) is 17.7 Å². The number of hydrogen-bond donors (Lipinski definition) is 2. The molecule has 2 unspecified atom stereocenters. The van der Waals surface area contributed by atoms with Crippen LogP contribution in [-0.2, 0) is 6.42 Å². The second-order valence-corrected chi connectivity index (χ2v) is 5.80. The average Bonchev–Trinajstić information content (AvgIpc) is 2.49. The van der Waals surface area contributed by atoms with Crippen molar-refractivity contribution in [3.05, 3.63) is 23.5 Å². The molecule has 0 aliphatic heterocycles. The number of hydrazine groups is 1. The van der Waals surface area contributed by atoms with Crippen LogP contribution in [0.3, 0.4) is 0 Å². The monoisotopic (exact) mass is 290 g/mol. The van der Waals surface area contributed by atoms with Gasteiger partial charge in [0.25, 0.3) is 0 Å². The topological polar surface area (TPSA) is 73.1 Å². The zero-order chi connectivity index (χ0) is 15.2. The molecule has 1 aliphatic carbocycles. The first-order valence-corrected chi connectivity index (χ1v) is 7.77. The highest BCUT2D eigenvalue weighted by atomic mass is 16.5. The quantitative estimate of drug-likeness (QED) is 0.478. The number of aryl methyl sites for hydroxylation is 1. The lowest BCUT2D eigenvalue weighted by atomic mass is 9.85. The van der Waals surface area contributed by atoms with Crippen molar-refractivity contribution >= 4 is 5.82 Å². The van der Waals surface area contributed by atoms with Crippen LogP contribution in [0.25, 0.3) is 0 Å². The van der Waals surface area contributed by atoms with E-state index in [4.69, 9.17) is 10.6 Å². The maximum atomic E-state index is 6.00. The molecule has 2 rings (SSSR count). The van der Waals surface area contributed by atoms with Crippen molar-refractivity contribution in [3.63, 3.8) is 0 Å². The Balaban J connectivity index is 2.10. The molecule has 1 aromatic rings. The molecule has 0 saturated carbocycles. The molecule has 1 aliphatic rings. The maximum Gasteiger partial charge on any atom is 0.221 e. The summed E-state index contributed by atoms with van der Waals surface area (Å²) in [6.45, 7) is 7.01. The molecule has 0 fully saturated rings. The van der Waals surface area contributed by atoms with Crippen LogP contribution in [0.4, 0.5) is 5.82 Å². The van der Waals surface area contributed by atoms with E-state index in [9.17, 15) is 0 Å². The fraction of sp³-hybridized carbons (Fsp3) is 0.625. The van der Waals surface area contributed by atoms with Crippen LogP contribution < -0.4 is 16.0 Å². The number of anilines is 1. The summed E-state index contributed by atoms with van der Waals surface area (Å²) in [5, 5.41) is 0. The second kappa shape index (κ2) is 7.41. The van der Waals surface area contributed by atoms with Crippen LogP contribution >= 0.6 is 0 Å². The first-order chi connectivity index (χ1) is 10.2. The van der Waals surface area contributed by atoms with Crippen LogP contribution in [0.5, 0.6) is 5.88 Å². The summed E-state index contributed by atoms with van der Waals surface area (Å²) in [7, 11) is 0. The predicted octanol–water partition coefficient (Wildman–Crippen LogP) is 3.00. The number of nitrogen functional groups attached to an aromatic ring is 1. The Kier molecular flexibility index (Phi) is 5.56. The van der Waals surface area contributed by atoms with Crippen LogP contribution in [0.1, 0.15) is 44.5 Å². The Bertz CT molecular complexity index is 501. The summed E-state index contributed by atoms with van der Waals surface area (Å²) in [5.41, 5.74) is 3.51. The summed E-state index contributed by atoms with van der Waals surface area (Å²) in [6.07, 6.45) is 8.54. The summed E-state index contributed by atoms with van der Waals surface area (Å²) < 4.78 is 6.00. The first kappa shape index (κ1) is 15.8. The normalized spacial score (nSPS) is 21.3. The molecule has 0 radical (unpaired) electrons. The highest BCUT2D eigenvalue weighted by Gasteiger charge is 2.20. The van der Waals surface area contributed by atoms with E-state index < -0.39 is 0 Å². The van der Waals surface area contributed by atoms with Crippen molar-refractivity contribution in [1.29, 1.82) is 0 Å². The van der Waals surface area contributed by atoms with Gasteiger partial charge < -0.3 is 10.2 Å². The van der Waals surface area contributed by atoms with Crippen molar-refractivity contribution < 1.29 is 4.74 Å². The van der Waals surface area contributed by atoms with E-state index in [0.717, 1.165) is 37.1 Å². The average molecular weight is 290 g/mol. The molecule has 1 heterocycles. The number of aromatic nitrogens is 2. The van der Waals surface area contributed by atoms with E-state index in [0.29, 0.717) is 30.1 Å². The number of rotatable bonds is 6. The van der Waals surface area contributed by atoms with Gasteiger partial charge in [0.05, 0.1) is 12.2 Å². The molecular formula is C16H26N4O. The van der Waals surface area contributed by atoms with Crippen molar-refractivity contribution in [2.75, 3.05) is 12.0 Å². The van der Waals surface area contributed by atoms with Crippen LogP contribution in [-0.4, -0.2) is 16.6 Å². The number of ether oxygens (including phenoxy) is 1. The fourth-order valence-electron chi connectivity index (χ4n) is 2.58. The van der Waals surface area contributed by atoms with E-state index in [1.54, 1.807) is 0 Å². The van der Waals surface area contributed by atoms with Crippen LogP contribution in [0, 0.1) is 18.8 Å². The molecule has 116 valence electrons. The van der Waals surface area contributed by atoms with E-state index in [2.05, 4.69) is 41.4 Å². The van der Waals surface area contributed by atoms with Gasteiger partial charge in [0.15, 0.2) is 0 Å². The third-order valence-electron chi connectivity index (χ3n) is 4.11. The lowest BCUT2D eigenvalue weighted by molar-refractivity contribution is 0.191. The minimum atomic E-state index is 0.549. The number of hydrogen-bond acceptors (Lipinski definition) is 5. The highest BCUT2D eigenvalue weighted by Crippen LogP contribution is 2.27. The SMILES string of the molecule is CCCc1nc(NN)c(C)c(OCC2CC=CCC2C)n1. The van der Waals surface area contributed by atoms with Gasteiger partial charge in [0, 0.05) is 6.42 Å². The van der Waals surface area contributed by atoms with Gasteiger partial charge in [-0.05, 0) is 38.0 Å². The third kappa shape index (κ3) is 3.94. The number of allylic oxidation sites excluding steroid dienone is 2. The Labute approximate surface area is 127 Å². The molecule has 3 N–H and O–H groups in total. The van der Waals surface area contributed by atoms with Gasteiger partial charge in [-0.3, -0.25) is 0 Å². The third-order valence-corrected chi connectivity index (χ3v) is 4.11. The van der Waals surface area contributed by atoms with Crippen molar-refractivity contribution in [3.8, 4) is 5.88 Å². The van der Waals surface area contributed by atoms with Crippen LogP contribution in [0.15, 0.2) is 12.2 Å². The van der Waals surface area contributed by atoms with E-state index in [-0.39, 0.29) is 0 Å². The zero-order valence-corrected chi connectivity index (χ0v) is 13.2. The lowest BCUT2D eigenvalue weighted by Crippen LogP contribution is -2.22. The van der Waals surface area contributed by atoms with Gasteiger partial charge in [0.2, 0.25) is 5.88 Å². The lowest BCUT2D eigenvalue weighted by Gasteiger charge is -2.25. The number of nitrogens with two attached hydrogens (primary N) is 1. The fourth-order valence-corrected chi connectivity index (χ4v) is 2.58. The van der Waals surface area contributed by atoms with Gasteiger partial charge >= 0.3 is 0 Å². The molecule has 2 atom stereocenters. The second-order valence-electron chi connectivity index (χ2n) is 5.80. The first-order valence-electron chi connectivity index (χ1n) is 7.77. The molecular weight excluding hydrogens is 264 g/mol. The molecule has 0 bridgehead atoms. The number of nitrogens with zero attached hydrogens (tertiary/aromatic N) is 2.